The van der Waals surface area contributed by atoms with E-state index in [1.54, 1.807) is 12.1 Å². The van der Waals surface area contributed by atoms with E-state index in [9.17, 15) is 4.79 Å². The molecule has 0 atom stereocenters. The molecule has 6 heteroatoms. The quantitative estimate of drug-likeness (QED) is 0.911. The van der Waals surface area contributed by atoms with Crippen LogP contribution in [0.5, 0.6) is 0 Å². The minimum Gasteiger partial charge on any atom is -0.305 e. The molecule has 0 aliphatic heterocycles. The van der Waals surface area contributed by atoms with Crippen molar-refractivity contribution in [3.63, 3.8) is 0 Å². The van der Waals surface area contributed by atoms with E-state index in [2.05, 4.69) is 15.5 Å². The van der Waals surface area contributed by atoms with Gasteiger partial charge in [-0.15, -0.1) is 0 Å². The van der Waals surface area contributed by atoms with Crippen molar-refractivity contribution in [1.29, 1.82) is 5.26 Å². The van der Waals surface area contributed by atoms with Crippen LogP contribution >= 0.6 is 11.6 Å². The van der Waals surface area contributed by atoms with Crippen molar-refractivity contribution in [1.82, 2.24) is 10.2 Å². The minimum atomic E-state index is -0.305. The fraction of sp³-hybridized carbons (Fsp3) is 0.267. The van der Waals surface area contributed by atoms with E-state index in [4.69, 9.17) is 16.9 Å². The Hall–Kier alpha value is -2.32. The van der Waals surface area contributed by atoms with Crippen LogP contribution in [0.25, 0.3) is 0 Å². The number of benzene rings is 1. The van der Waals surface area contributed by atoms with Gasteiger partial charge in [0.25, 0.3) is 5.91 Å². The highest BCUT2D eigenvalue weighted by atomic mass is 35.5. The van der Waals surface area contributed by atoms with Crippen LogP contribution in [0.3, 0.4) is 0 Å². The number of aromatic amines is 1. The molecule has 0 spiro atoms. The number of rotatable bonds is 3. The van der Waals surface area contributed by atoms with Gasteiger partial charge < -0.3 is 5.32 Å². The van der Waals surface area contributed by atoms with Crippen LogP contribution in [-0.2, 0) is 0 Å². The van der Waals surface area contributed by atoms with Gasteiger partial charge in [0.05, 0.1) is 10.6 Å². The Labute approximate surface area is 126 Å². The molecule has 0 saturated heterocycles. The molecule has 1 amide bonds. The van der Waals surface area contributed by atoms with Crippen LogP contribution in [0.1, 0.15) is 45.9 Å². The number of anilines is 1. The molecule has 0 radical (unpaired) electrons. The number of hydrogen-bond acceptors (Lipinski definition) is 3. The molecule has 1 saturated carbocycles. The number of amides is 1. The predicted octanol–water partition coefficient (Wildman–Crippen LogP) is 3.37. The fourth-order valence-electron chi connectivity index (χ4n) is 2.23. The van der Waals surface area contributed by atoms with Gasteiger partial charge in [-0.3, -0.25) is 9.89 Å². The smallest absolute Gasteiger partial charge is 0.256 e. The van der Waals surface area contributed by atoms with Crippen molar-refractivity contribution < 1.29 is 4.79 Å². The summed E-state index contributed by atoms with van der Waals surface area (Å²) in [5, 5.41) is 19.2. The summed E-state index contributed by atoms with van der Waals surface area (Å²) in [6.07, 6.45) is 2.33. The third-order valence-corrected chi connectivity index (χ3v) is 3.94. The Morgan fingerprint density at radius 3 is 2.95 bits per heavy atom. The molecule has 3 rings (SSSR count). The summed E-state index contributed by atoms with van der Waals surface area (Å²) in [7, 11) is 0. The lowest BCUT2D eigenvalue weighted by Crippen LogP contribution is -2.13. The average Bonchev–Trinajstić information content (AvgIpc) is 3.25. The molecule has 1 heterocycles. The molecule has 106 valence electrons. The maximum absolute atomic E-state index is 12.2. The average molecular weight is 301 g/mol. The lowest BCUT2D eigenvalue weighted by Gasteiger charge is -2.04. The molecule has 0 unspecified atom stereocenters. The van der Waals surface area contributed by atoms with Gasteiger partial charge in [-0.2, -0.15) is 10.4 Å². The number of halogens is 1. The van der Waals surface area contributed by atoms with Crippen molar-refractivity contribution in [3.8, 4) is 6.07 Å². The highest BCUT2D eigenvalue weighted by molar-refractivity contribution is 6.31. The Kier molecular flexibility index (Phi) is 3.40. The minimum absolute atomic E-state index is 0.279. The summed E-state index contributed by atoms with van der Waals surface area (Å²) in [6.45, 7) is 1.94. The van der Waals surface area contributed by atoms with Crippen LogP contribution in [0.4, 0.5) is 5.82 Å². The summed E-state index contributed by atoms with van der Waals surface area (Å²) < 4.78 is 0. The Bertz CT molecular complexity index is 756. The van der Waals surface area contributed by atoms with Gasteiger partial charge in [0.15, 0.2) is 5.82 Å². The number of carbonyl (C=O) groups is 1. The fourth-order valence-corrected chi connectivity index (χ4v) is 2.39. The number of H-pyrrole nitrogens is 1. The molecule has 1 aromatic carbocycles. The third kappa shape index (κ3) is 2.63. The highest BCUT2D eigenvalue weighted by Crippen LogP contribution is 2.41. The zero-order valence-corrected chi connectivity index (χ0v) is 12.2. The topological polar surface area (TPSA) is 81.6 Å². The molecule has 2 N–H and O–H groups in total. The van der Waals surface area contributed by atoms with Gasteiger partial charge in [0.1, 0.15) is 6.07 Å². The van der Waals surface area contributed by atoms with Crippen molar-refractivity contribution in [2.45, 2.75) is 25.7 Å². The van der Waals surface area contributed by atoms with Crippen LogP contribution < -0.4 is 5.32 Å². The van der Waals surface area contributed by atoms with Crippen LogP contribution in [0, 0.1) is 18.3 Å². The highest BCUT2D eigenvalue weighted by Gasteiger charge is 2.28. The summed E-state index contributed by atoms with van der Waals surface area (Å²) in [6, 6.07) is 6.56. The third-order valence-electron chi connectivity index (χ3n) is 3.61. The largest absolute Gasteiger partial charge is 0.305 e. The first-order valence-electron chi connectivity index (χ1n) is 6.66. The van der Waals surface area contributed by atoms with E-state index in [0.29, 0.717) is 22.3 Å². The summed E-state index contributed by atoms with van der Waals surface area (Å²) >= 11 is 5.86. The number of nitrogens with zero attached hydrogens (tertiary/aromatic N) is 2. The lowest BCUT2D eigenvalue weighted by molar-refractivity contribution is 0.102. The van der Waals surface area contributed by atoms with Crippen molar-refractivity contribution in [2.24, 2.45) is 0 Å². The Morgan fingerprint density at radius 2 is 2.29 bits per heavy atom. The van der Waals surface area contributed by atoms with Gasteiger partial charge in [-0.05, 0) is 38.0 Å². The summed E-state index contributed by atoms with van der Waals surface area (Å²) in [4.78, 5) is 12.2. The van der Waals surface area contributed by atoms with Crippen LogP contribution in [0.15, 0.2) is 18.2 Å². The van der Waals surface area contributed by atoms with E-state index in [-0.39, 0.29) is 11.5 Å². The second-order valence-electron chi connectivity index (χ2n) is 5.15. The van der Waals surface area contributed by atoms with Gasteiger partial charge >= 0.3 is 0 Å². The monoisotopic (exact) mass is 300 g/mol. The summed E-state index contributed by atoms with van der Waals surface area (Å²) in [5.41, 5.74) is 2.73. The van der Waals surface area contributed by atoms with E-state index >= 15 is 0 Å². The summed E-state index contributed by atoms with van der Waals surface area (Å²) in [5.74, 6) is 0.777. The van der Waals surface area contributed by atoms with Gasteiger partial charge in [0.2, 0.25) is 0 Å². The molecular formula is C15H13ClN4O. The molecule has 1 aromatic heterocycles. The van der Waals surface area contributed by atoms with Gasteiger partial charge in [-0.25, -0.2) is 0 Å². The SMILES string of the molecule is Cc1c(NC(=O)c2ccc(Cl)c(C#N)c2)n[nH]c1C1CC1. The second kappa shape index (κ2) is 5.23. The first-order valence-corrected chi connectivity index (χ1v) is 7.04. The predicted molar refractivity (Wildman–Crippen MR) is 79.4 cm³/mol. The van der Waals surface area contributed by atoms with E-state index < -0.39 is 0 Å². The number of aromatic nitrogens is 2. The van der Waals surface area contributed by atoms with Crippen molar-refractivity contribution in [2.75, 3.05) is 5.32 Å². The van der Waals surface area contributed by atoms with E-state index in [1.165, 1.54) is 18.9 Å². The van der Waals surface area contributed by atoms with Gasteiger partial charge in [-0.1, -0.05) is 11.6 Å². The first-order chi connectivity index (χ1) is 10.1. The van der Waals surface area contributed by atoms with Crippen molar-refractivity contribution >= 4 is 23.3 Å². The molecule has 1 aliphatic carbocycles. The normalized spacial score (nSPS) is 13.8. The van der Waals surface area contributed by atoms with E-state index in [0.717, 1.165) is 11.3 Å². The molecule has 0 bridgehead atoms. The number of nitriles is 1. The zero-order valence-electron chi connectivity index (χ0n) is 11.4. The molecular weight excluding hydrogens is 288 g/mol. The number of carbonyl (C=O) groups excluding carboxylic acids is 1. The van der Waals surface area contributed by atoms with Crippen LogP contribution in [0.2, 0.25) is 5.02 Å². The molecule has 5 nitrogen and oxygen atoms in total. The van der Waals surface area contributed by atoms with Gasteiger partial charge in [0, 0.05) is 22.7 Å². The number of hydrogen-bond donors (Lipinski definition) is 2. The molecule has 1 fully saturated rings. The maximum atomic E-state index is 12.2. The lowest BCUT2D eigenvalue weighted by atomic mass is 10.1. The maximum Gasteiger partial charge on any atom is 0.256 e. The van der Waals surface area contributed by atoms with Crippen molar-refractivity contribution in [3.05, 3.63) is 45.6 Å². The number of nitrogens with one attached hydrogen (secondary N) is 2. The zero-order chi connectivity index (χ0) is 15.0. The Morgan fingerprint density at radius 1 is 1.52 bits per heavy atom. The second-order valence-corrected chi connectivity index (χ2v) is 5.55. The molecule has 21 heavy (non-hydrogen) atoms. The Balaban J connectivity index is 1.82. The van der Waals surface area contributed by atoms with Crippen LogP contribution in [-0.4, -0.2) is 16.1 Å². The first kappa shape index (κ1) is 13.7. The molecule has 1 aliphatic rings. The van der Waals surface area contributed by atoms with E-state index in [1.807, 2.05) is 13.0 Å². The molecule has 2 aromatic rings. The standard InChI is InChI=1S/C15H13ClN4O/c1-8-13(9-2-3-9)19-20-14(8)18-15(21)10-4-5-12(16)11(6-10)7-17/h4-6,9H,2-3H2,1H3,(H2,18,19,20,21).